The zero-order valence-electron chi connectivity index (χ0n) is 15.5. The van der Waals surface area contributed by atoms with Crippen LogP contribution in [-0.2, 0) is 13.0 Å². The normalized spacial score (nSPS) is 10.9. The summed E-state index contributed by atoms with van der Waals surface area (Å²) >= 11 is 0. The standard InChI is InChI=1S/C22H22O5/c1-3-8-15-11-19(25)27-22-20(15)18(12-17(24)21(22)16(23)4-2)26-13-14-9-6-5-7-10-14/h5-7,9-12,24H,3-4,8,13H2,1-2H3. The van der Waals surface area contributed by atoms with Gasteiger partial charge in [0, 0.05) is 18.6 Å². The van der Waals surface area contributed by atoms with Gasteiger partial charge >= 0.3 is 5.63 Å². The van der Waals surface area contributed by atoms with E-state index in [0.29, 0.717) is 24.2 Å². The number of phenolic OH excluding ortho intramolecular Hbond substituents is 1. The van der Waals surface area contributed by atoms with Crippen molar-refractivity contribution in [3.8, 4) is 11.5 Å². The number of rotatable bonds is 7. The van der Waals surface area contributed by atoms with Gasteiger partial charge in [0.05, 0.1) is 5.39 Å². The number of ketones is 1. The third-order valence-corrected chi connectivity index (χ3v) is 4.40. The van der Waals surface area contributed by atoms with Crippen LogP contribution >= 0.6 is 0 Å². The molecular formula is C22H22O5. The lowest BCUT2D eigenvalue weighted by molar-refractivity contribution is 0.0986. The zero-order chi connectivity index (χ0) is 19.4. The van der Waals surface area contributed by atoms with Gasteiger partial charge in [-0.2, -0.15) is 0 Å². The first-order valence-corrected chi connectivity index (χ1v) is 9.07. The number of hydrogen-bond donors (Lipinski definition) is 1. The van der Waals surface area contributed by atoms with Gasteiger partial charge in [0.1, 0.15) is 23.7 Å². The van der Waals surface area contributed by atoms with E-state index in [-0.39, 0.29) is 29.1 Å². The van der Waals surface area contributed by atoms with Crippen LogP contribution in [-0.4, -0.2) is 10.9 Å². The van der Waals surface area contributed by atoms with E-state index in [2.05, 4.69) is 0 Å². The van der Waals surface area contributed by atoms with Crippen molar-refractivity contribution in [3.05, 3.63) is 69.6 Å². The predicted octanol–water partition coefficient (Wildman–Crippen LogP) is 4.62. The van der Waals surface area contributed by atoms with Crippen LogP contribution in [0.25, 0.3) is 11.0 Å². The van der Waals surface area contributed by atoms with E-state index >= 15 is 0 Å². The molecule has 5 heteroatoms. The van der Waals surface area contributed by atoms with Crippen LogP contribution in [0.15, 0.2) is 51.7 Å². The molecule has 0 saturated carbocycles. The molecule has 0 aliphatic carbocycles. The van der Waals surface area contributed by atoms with E-state index < -0.39 is 5.63 Å². The van der Waals surface area contributed by atoms with Crippen LogP contribution < -0.4 is 10.4 Å². The summed E-state index contributed by atoms with van der Waals surface area (Å²) in [4.78, 5) is 24.4. The van der Waals surface area contributed by atoms with Crippen molar-refractivity contribution in [1.82, 2.24) is 0 Å². The number of Topliss-reactive ketones (excluding diaryl/α,β-unsaturated/α-hetero) is 1. The molecule has 1 N–H and O–H groups in total. The second kappa shape index (κ2) is 8.08. The Hall–Kier alpha value is -3.08. The highest BCUT2D eigenvalue weighted by atomic mass is 16.5. The molecule has 3 aromatic rings. The van der Waals surface area contributed by atoms with Crippen LogP contribution in [0, 0.1) is 0 Å². The molecule has 140 valence electrons. The van der Waals surface area contributed by atoms with E-state index in [1.807, 2.05) is 37.3 Å². The summed E-state index contributed by atoms with van der Waals surface area (Å²) < 4.78 is 11.3. The number of carbonyl (C=O) groups excluding carboxylic acids is 1. The fourth-order valence-electron chi connectivity index (χ4n) is 3.13. The number of carbonyl (C=O) groups is 1. The Balaban J connectivity index is 2.20. The minimum absolute atomic E-state index is 0.0367. The SMILES string of the molecule is CCCc1cc(=O)oc2c(C(=O)CC)c(O)cc(OCc3ccccc3)c12. The number of benzene rings is 2. The maximum absolute atomic E-state index is 12.4. The van der Waals surface area contributed by atoms with Gasteiger partial charge in [-0.25, -0.2) is 4.79 Å². The van der Waals surface area contributed by atoms with Crippen LogP contribution in [0.4, 0.5) is 0 Å². The lowest BCUT2D eigenvalue weighted by atomic mass is 9.98. The summed E-state index contributed by atoms with van der Waals surface area (Å²) in [5.41, 5.74) is 1.30. The van der Waals surface area contributed by atoms with Crippen molar-refractivity contribution < 1.29 is 19.1 Å². The molecule has 2 aromatic carbocycles. The summed E-state index contributed by atoms with van der Waals surface area (Å²) in [6.45, 7) is 3.99. The fourth-order valence-corrected chi connectivity index (χ4v) is 3.13. The molecule has 0 saturated heterocycles. The third kappa shape index (κ3) is 3.87. The van der Waals surface area contributed by atoms with Gasteiger partial charge < -0.3 is 14.3 Å². The first-order chi connectivity index (χ1) is 13.0. The number of phenols is 1. The summed E-state index contributed by atoms with van der Waals surface area (Å²) in [7, 11) is 0. The largest absolute Gasteiger partial charge is 0.507 e. The molecular weight excluding hydrogens is 344 g/mol. The number of hydrogen-bond acceptors (Lipinski definition) is 5. The first kappa shape index (κ1) is 18.7. The minimum atomic E-state index is -0.546. The van der Waals surface area contributed by atoms with Crippen molar-refractivity contribution >= 4 is 16.8 Å². The second-order valence-corrected chi connectivity index (χ2v) is 6.36. The Bertz CT molecular complexity index is 1020. The van der Waals surface area contributed by atoms with Gasteiger partial charge in [-0.3, -0.25) is 4.79 Å². The van der Waals surface area contributed by atoms with Gasteiger partial charge in [0.25, 0.3) is 0 Å². The summed E-state index contributed by atoms with van der Waals surface area (Å²) in [5, 5.41) is 11.0. The highest BCUT2D eigenvalue weighted by molar-refractivity contribution is 6.10. The Labute approximate surface area is 157 Å². The van der Waals surface area contributed by atoms with Crippen LogP contribution in [0.1, 0.15) is 48.2 Å². The Morgan fingerprint density at radius 2 is 1.89 bits per heavy atom. The molecule has 0 fully saturated rings. The van der Waals surface area contributed by atoms with E-state index in [9.17, 15) is 14.7 Å². The molecule has 0 bridgehead atoms. The zero-order valence-corrected chi connectivity index (χ0v) is 15.5. The summed E-state index contributed by atoms with van der Waals surface area (Å²) in [6, 6.07) is 12.5. The second-order valence-electron chi connectivity index (χ2n) is 6.36. The predicted molar refractivity (Wildman–Crippen MR) is 104 cm³/mol. The molecule has 1 heterocycles. The molecule has 0 aliphatic rings. The highest BCUT2D eigenvalue weighted by Crippen LogP contribution is 2.38. The van der Waals surface area contributed by atoms with Crippen LogP contribution in [0.5, 0.6) is 11.5 Å². The van der Waals surface area contributed by atoms with E-state index in [0.717, 1.165) is 17.5 Å². The maximum Gasteiger partial charge on any atom is 0.336 e. The van der Waals surface area contributed by atoms with Crippen molar-refractivity contribution in [1.29, 1.82) is 0 Å². The lowest BCUT2D eigenvalue weighted by Crippen LogP contribution is -2.07. The quantitative estimate of drug-likeness (QED) is 0.487. The van der Waals surface area contributed by atoms with Gasteiger partial charge in [-0.05, 0) is 17.5 Å². The molecule has 1 aromatic heterocycles. The van der Waals surface area contributed by atoms with Gasteiger partial charge in [0.2, 0.25) is 0 Å². The number of fused-ring (bicyclic) bond motifs is 1. The Morgan fingerprint density at radius 3 is 2.56 bits per heavy atom. The van der Waals surface area contributed by atoms with Gasteiger partial charge in [-0.1, -0.05) is 50.6 Å². The molecule has 0 atom stereocenters. The van der Waals surface area contributed by atoms with Crippen LogP contribution in [0.2, 0.25) is 0 Å². The molecule has 3 rings (SSSR count). The van der Waals surface area contributed by atoms with Crippen molar-refractivity contribution in [2.75, 3.05) is 0 Å². The molecule has 0 radical (unpaired) electrons. The fraction of sp³-hybridized carbons (Fsp3) is 0.273. The molecule has 0 aliphatic heterocycles. The van der Waals surface area contributed by atoms with Crippen molar-refractivity contribution in [2.24, 2.45) is 0 Å². The number of ether oxygens (including phenoxy) is 1. The van der Waals surface area contributed by atoms with Gasteiger partial charge in [0.15, 0.2) is 11.4 Å². The monoisotopic (exact) mass is 366 g/mol. The third-order valence-electron chi connectivity index (χ3n) is 4.40. The summed E-state index contributed by atoms with van der Waals surface area (Å²) in [6.07, 6.45) is 1.64. The van der Waals surface area contributed by atoms with E-state index in [1.165, 1.54) is 12.1 Å². The number of aromatic hydroxyl groups is 1. The van der Waals surface area contributed by atoms with Gasteiger partial charge in [-0.15, -0.1) is 0 Å². The van der Waals surface area contributed by atoms with Crippen molar-refractivity contribution in [3.63, 3.8) is 0 Å². The molecule has 0 spiro atoms. The molecule has 5 nitrogen and oxygen atoms in total. The van der Waals surface area contributed by atoms with E-state index in [1.54, 1.807) is 6.92 Å². The smallest absolute Gasteiger partial charge is 0.336 e. The maximum atomic E-state index is 12.4. The lowest BCUT2D eigenvalue weighted by Gasteiger charge is -2.15. The minimum Gasteiger partial charge on any atom is -0.507 e. The van der Waals surface area contributed by atoms with Crippen molar-refractivity contribution in [2.45, 2.75) is 39.7 Å². The Morgan fingerprint density at radius 1 is 1.15 bits per heavy atom. The highest BCUT2D eigenvalue weighted by Gasteiger charge is 2.22. The number of aryl methyl sites for hydroxylation is 1. The summed E-state index contributed by atoms with van der Waals surface area (Å²) in [5.74, 6) is -0.135. The Kier molecular flexibility index (Phi) is 5.60. The molecule has 0 unspecified atom stereocenters. The van der Waals surface area contributed by atoms with Crippen LogP contribution in [0.3, 0.4) is 0 Å². The molecule has 0 amide bonds. The average Bonchev–Trinajstić information content (AvgIpc) is 2.66. The first-order valence-electron chi connectivity index (χ1n) is 9.07. The van der Waals surface area contributed by atoms with E-state index in [4.69, 9.17) is 9.15 Å². The average molecular weight is 366 g/mol. The topological polar surface area (TPSA) is 76.7 Å². The molecule has 27 heavy (non-hydrogen) atoms.